The van der Waals surface area contributed by atoms with Crippen molar-refractivity contribution in [1.82, 2.24) is 10.3 Å². The second-order valence-corrected chi connectivity index (χ2v) is 7.96. The zero-order valence-electron chi connectivity index (χ0n) is 18.9. The molecule has 0 amide bonds. The zero-order valence-corrected chi connectivity index (χ0v) is 18.9. The van der Waals surface area contributed by atoms with Crippen LogP contribution in [-0.2, 0) is 6.18 Å². The average molecular weight is 467 g/mol. The molecule has 1 heterocycles. The van der Waals surface area contributed by atoms with E-state index in [0.717, 1.165) is 34.3 Å². The molecule has 0 fully saturated rings. The zero-order chi connectivity index (χ0) is 24.1. The molecular formula is C27H25F3N2O2. The fraction of sp³-hybridized carbons (Fsp3) is 0.222. The number of nitrogens with one attached hydrogen (secondary N) is 1. The summed E-state index contributed by atoms with van der Waals surface area (Å²) in [5, 5.41) is 4.18. The van der Waals surface area contributed by atoms with E-state index in [2.05, 4.69) is 10.3 Å². The Bertz CT molecular complexity index is 1270. The van der Waals surface area contributed by atoms with Crippen LogP contribution in [0.1, 0.15) is 24.1 Å². The van der Waals surface area contributed by atoms with Crippen molar-refractivity contribution in [3.05, 3.63) is 90.1 Å². The molecule has 1 aromatic heterocycles. The monoisotopic (exact) mass is 466 g/mol. The highest BCUT2D eigenvalue weighted by molar-refractivity contribution is 5.84. The van der Waals surface area contributed by atoms with Crippen LogP contribution in [0.2, 0.25) is 0 Å². The van der Waals surface area contributed by atoms with Crippen LogP contribution >= 0.6 is 0 Å². The van der Waals surface area contributed by atoms with Crippen LogP contribution in [0.3, 0.4) is 0 Å². The van der Waals surface area contributed by atoms with E-state index in [1.165, 1.54) is 0 Å². The lowest BCUT2D eigenvalue weighted by Crippen LogP contribution is -2.24. The Hall–Kier alpha value is -3.58. The van der Waals surface area contributed by atoms with Crippen molar-refractivity contribution < 1.29 is 22.6 Å². The first-order valence-electron chi connectivity index (χ1n) is 10.9. The first-order valence-corrected chi connectivity index (χ1v) is 10.9. The van der Waals surface area contributed by atoms with Crippen molar-refractivity contribution in [1.29, 1.82) is 0 Å². The van der Waals surface area contributed by atoms with Gasteiger partial charge in [0.05, 0.1) is 18.2 Å². The minimum atomic E-state index is -4.48. The molecule has 0 spiro atoms. The van der Waals surface area contributed by atoms with E-state index in [1.54, 1.807) is 37.6 Å². The Kier molecular flexibility index (Phi) is 7.03. The number of halogens is 3. The third-order valence-corrected chi connectivity index (χ3v) is 5.59. The lowest BCUT2D eigenvalue weighted by molar-refractivity contribution is -0.137. The number of pyridine rings is 1. The summed E-state index contributed by atoms with van der Waals surface area (Å²) >= 11 is 0. The van der Waals surface area contributed by atoms with Gasteiger partial charge >= 0.3 is 6.18 Å². The maximum atomic E-state index is 13.6. The summed E-state index contributed by atoms with van der Waals surface area (Å²) in [6, 6.07) is 20.6. The average Bonchev–Trinajstić information content (AvgIpc) is 2.85. The Labute approximate surface area is 196 Å². The highest BCUT2D eigenvalue weighted by Crippen LogP contribution is 2.36. The molecule has 4 aromatic rings. The Morgan fingerprint density at radius 3 is 2.56 bits per heavy atom. The first kappa shape index (κ1) is 23.6. The molecule has 0 saturated carbocycles. The minimum absolute atomic E-state index is 0.0296. The topological polar surface area (TPSA) is 43.4 Å². The van der Waals surface area contributed by atoms with Crippen molar-refractivity contribution >= 4 is 10.9 Å². The van der Waals surface area contributed by atoms with E-state index in [-0.39, 0.29) is 18.4 Å². The number of hydrogen-bond acceptors (Lipinski definition) is 4. The fourth-order valence-electron chi connectivity index (χ4n) is 3.74. The molecule has 34 heavy (non-hydrogen) atoms. The standard InChI is InChI=1S/C27H25F3N2O2/c1-18(19-5-3-7-24(15-19)33-2)31-11-12-34-25-16-22(14-23(17-25)27(28,29)30)20-8-9-26-21(13-20)6-4-10-32-26/h3-10,13-18,31H,11-12H2,1-2H3/t18-/m1/s1. The first-order chi connectivity index (χ1) is 16.3. The number of ether oxygens (including phenoxy) is 2. The van der Waals surface area contributed by atoms with Crippen molar-refractivity contribution in [2.45, 2.75) is 19.1 Å². The Balaban J connectivity index is 1.48. The summed E-state index contributed by atoms with van der Waals surface area (Å²) in [5.41, 5.74) is 2.19. The van der Waals surface area contributed by atoms with Gasteiger partial charge < -0.3 is 14.8 Å². The normalized spacial score (nSPS) is 12.5. The van der Waals surface area contributed by atoms with Crippen molar-refractivity contribution in [2.75, 3.05) is 20.3 Å². The quantitative estimate of drug-likeness (QED) is 0.295. The molecular weight excluding hydrogens is 441 g/mol. The van der Waals surface area contributed by atoms with Crippen molar-refractivity contribution in [3.8, 4) is 22.6 Å². The van der Waals surface area contributed by atoms with Crippen LogP contribution in [0.5, 0.6) is 11.5 Å². The summed E-state index contributed by atoms with van der Waals surface area (Å²) in [6.45, 7) is 2.69. The van der Waals surface area contributed by atoms with E-state index < -0.39 is 11.7 Å². The Morgan fingerprint density at radius 2 is 1.76 bits per heavy atom. The largest absolute Gasteiger partial charge is 0.497 e. The van der Waals surface area contributed by atoms with E-state index >= 15 is 0 Å². The van der Waals surface area contributed by atoms with Crippen molar-refractivity contribution in [3.63, 3.8) is 0 Å². The number of aromatic nitrogens is 1. The molecule has 3 aromatic carbocycles. The molecule has 1 atom stereocenters. The number of alkyl halides is 3. The van der Waals surface area contributed by atoms with Crippen molar-refractivity contribution in [2.24, 2.45) is 0 Å². The van der Waals surface area contributed by atoms with Gasteiger partial charge in [0.15, 0.2) is 0 Å². The number of rotatable bonds is 8. The second-order valence-electron chi connectivity index (χ2n) is 7.96. The fourth-order valence-corrected chi connectivity index (χ4v) is 3.74. The van der Waals surface area contributed by atoms with Crippen LogP contribution in [0.15, 0.2) is 79.0 Å². The molecule has 0 unspecified atom stereocenters. The predicted molar refractivity (Wildman–Crippen MR) is 127 cm³/mol. The van der Waals surface area contributed by atoms with Gasteiger partial charge in [-0.2, -0.15) is 13.2 Å². The van der Waals surface area contributed by atoms with Crippen LogP contribution in [0, 0.1) is 0 Å². The molecule has 0 radical (unpaired) electrons. The van der Waals surface area contributed by atoms with E-state index in [4.69, 9.17) is 9.47 Å². The van der Waals surface area contributed by atoms with Gasteiger partial charge in [-0.15, -0.1) is 0 Å². The molecule has 0 bridgehead atoms. The molecule has 0 saturated heterocycles. The second kappa shape index (κ2) is 10.1. The Morgan fingerprint density at radius 1 is 0.912 bits per heavy atom. The maximum absolute atomic E-state index is 13.6. The third-order valence-electron chi connectivity index (χ3n) is 5.59. The van der Waals surface area contributed by atoms with Gasteiger partial charge in [-0.05, 0) is 72.1 Å². The number of methoxy groups -OCH3 is 1. The van der Waals surface area contributed by atoms with Gasteiger partial charge in [0.2, 0.25) is 0 Å². The molecule has 176 valence electrons. The van der Waals surface area contributed by atoms with E-state index in [1.807, 2.05) is 43.3 Å². The molecule has 1 N–H and O–H groups in total. The lowest BCUT2D eigenvalue weighted by Gasteiger charge is -2.17. The molecule has 0 aliphatic rings. The lowest BCUT2D eigenvalue weighted by atomic mass is 10.0. The number of nitrogens with zero attached hydrogens (tertiary/aromatic N) is 1. The highest BCUT2D eigenvalue weighted by atomic mass is 19.4. The van der Waals surface area contributed by atoms with Gasteiger partial charge in [-0.1, -0.05) is 24.3 Å². The van der Waals surface area contributed by atoms with Crippen LogP contribution in [0.4, 0.5) is 13.2 Å². The van der Waals surface area contributed by atoms with Crippen LogP contribution < -0.4 is 14.8 Å². The van der Waals surface area contributed by atoms with Gasteiger partial charge in [-0.25, -0.2) is 0 Å². The summed E-state index contributed by atoms with van der Waals surface area (Å²) in [7, 11) is 1.61. The number of hydrogen-bond donors (Lipinski definition) is 1. The third kappa shape index (κ3) is 5.66. The van der Waals surface area contributed by atoms with Gasteiger partial charge in [-0.3, -0.25) is 4.98 Å². The highest BCUT2D eigenvalue weighted by Gasteiger charge is 2.31. The van der Waals surface area contributed by atoms with Crippen LogP contribution in [0.25, 0.3) is 22.0 Å². The SMILES string of the molecule is COc1cccc([C@@H](C)NCCOc2cc(-c3ccc4ncccc4c3)cc(C(F)(F)F)c2)c1. The van der Waals surface area contributed by atoms with Gasteiger partial charge in [0, 0.05) is 24.2 Å². The predicted octanol–water partition coefficient (Wildman–Crippen LogP) is 6.66. The molecule has 4 nitrogen and oxygen atoms in total. The van der Waals surface area contributed by atoms with E-state index in [9.17, 15) is 13.2 Å². The summed E-state index contributed by atoms with van der Waals surface area (Å²) in [6.07, 6.45) is -2.80. The summed E-state index contributed by atoms with van der Waals surface area (Å²) in [4.78, 5) is 4.27. The van der Waals surface area contributed by atoms with Gasteiger partial charge in [0.1, 0.15) is 18.1 Å². The molecule has 7 heteroatoms. The number of benzene rings is 3. The van der Waals surface area contributed by atoms with Crippen LogP contribution in [-0.4, -0.2) is 25.2 Å². The summed E-state index contributed by atoms with van der Waals surface area (Å²) < 4.78 is 51.7. The molecule has 0 aliphatic carbocycles. The van der Waals surface area contributed by atoms with Gasteiger partial charge in [0.25, 0.3) is 0 Å². The minimum Gasteiger partial charge on any atom is -0.497 e. The summed E-state index contributed by atoms with van der Waals surface area (Å²) in [5.74, 6) is 0.940. The smallest absolute Gasteiger partial charge is 0.416 e. The number of fused-ring (bicyclic) bond motifs is 1. The molecule has 0 aliphatic heterocycles. The van der Waals surface area contributed by atoms with E-state index in [0.29, 0.717) is 17.7 Å². The molecule has 4 rings (SSSR count). The maximum Gasteiger partial charge on any atom is 0.416 e.